The van der Waals surface area contributed by atoms with Crippen molar-refractivity contribution in [1.82, 2.24) is 44.6 Å². The second-order valence-electron chi connectivity index (χ2n) is 12.0. The molecule has 15 heteroatoms. The summed E-state index contributed by atoms with van der Waals surface area (Å²) in [6.45, 7) is 1.75. The highest BCUT2D eigenvalue weighted by atomic mass is 32.2. The molecule has 0 aromatic carbocycles. The fourth-order valence-corrected chi connectivity index (χ4v) is 9.34. The zero-order valence-electron chi connectivity index (χ0n) is 24.2. The number of rotatable bonds is 5. The third-order valence-electron chi connectivity index (χ3n) is 9.08. The Morgan fingerprint density at radius 3 is 2.55 bits per heavy atom. The molecule has 226 valence electrons. The van der Waals surface area contributed by atoms with E-state index in [1.165, 1.54) is 15.1 Å². The van der Waals surface area contributed by atoms with Crippen LogP contribution < -0.4 is 5.73 Å². The quantitative estimate of drug-likeness (QED) is 0.293. The molecule has 8 rings (SSSR count). The SMILES string of the molecule is Cc1nnc(C(=O)N2[C@@H]3CC[C@H]2C[C@H](c2nc4c(-c5ccc(-c6nc7c(s6)CCC7)nc5)cnn4c(N)c2S(C)(=O)=O)C3)[nH]1. The van der Waals surface area contributed by atoms with Gasteiger partial charge in [0.1, 0.15) is 21.5 Å². The number of aromatic nitrogens is 8. The number of aromatic amines is 1. The molecule has 7 heterocycles. The van der Waals surface area contributed by atoms with Gasteiger partial charge in [-0.15, -0.1) is 21.5 Å². The Balaban J connectivity index is 1.16. The number of sulfone groups is 1. The van der Waals surface area contributed by atoms with Crippen LogP contribution >= 0.6 is 11.3 Å². The molecule has 3 aliphatic rings. The molecular weight excluding hydrogens is 601 g/mol. The highest BCUT2D eigenvalue weighted by Gasteiger charge is 2.46. The van der Waals surface area contributed by atoms with Gasteiger partial charge < -0.3 is 15.6 Å². The van der Waals surface area contributed by atoms with Crippen LogP contribution in [0.15, 0.2) is 29.4 Å². The van der Waals surface area contributed by atoms with Crippen molar-refractivity contribution < 1.29 is 13.2 Å². The Hall–Kier alpha value is -4.24. The summed E-state index contributed by atoms with van der Waals surface area (Å²) in [7, 11) is -3.75. The second kappa shape index (κ2) is 9.89. The minimum atomic E-state index is -3.75. The second-order valence-corrected chi connectivity index (χ2v) is 15.0. The molecule has 13 nitrogen and oxygen atoms in total. The maximum Gasteiger partial charge on any atom is 0.292 e. The summed E-state index contributed by atoms with van der Waals surface area (Å²) in [6.07, 6.45) is 10.6. The molecule has 0 unspecified atom stereocenters. The number of nitrogens with zero attached hydrogens (tertiary/aromatic N) is 8. The van der Waals surface area contributed by atoms with E-state index in [0.717, 1.165) is 54.6 Å². The van der Waals surface area contributed by atoms with Crippen LogP contribution in [0.2, 0.25) is 0 Å². The summed E-state index contributed by atoms with van der Waals surface area (Å²) in [4.78, 5) is 34.0. The summed E-state index contributed by atoms with van der Waals surface area (Å²) in [5, 5.41) is 13.3. The number of aryl methyl sites for hydroxylation is 3. The molecule has 44 heavy (non-hydrogen) atoms. The first kappa shape index (κ1) is 27.3. The Morgan fingerprint density at radius 2 is 1.89 bits per heavy atom. The van der Waals surface area contributed by atoms with Crippen LogP contribution in [-0.2, 0) is 22.7 Å². The van der Waals surface area contributed by atoms with E-state index in [1.54, 1.807) is 30.7 Å². The van der Waals surface area contributed by atoms with Crippen molar-refractivity contribution in [2.45, 2.75) is 74.8 Å². The molecule has 5 aromatic rings. The Kier molecular flexibility index (Phi) is 6.14. The molecule has 2 saturated heterocycles. The van der Waals surface area contributed by atoms with E-state index < -0.39 is 9.84 Å². The lowest BCUT2D eigenvalue weighted by molar-refractivity contribution is 0.0556. The van der Waals surface area contributed by atoms with Crippen molar-refractivity contribution in [2.24, 2.45) is 0 Å². The zero-order valence-corrected chi connectivity index (χ0v) is 25.8. The number of piperidine rings is 1. The standard InChI is InChI=1S/C29H30N10O3S2/c1-14-33-26(37-36-14)29(40)38-17-7-8-18(38)11-16(10-17)23-24(44(2,41)42)25(30)39-27(35-23)19(13-32-39)15-6-9-21(31-12-15)28-34-20-4-3-5-22(20)43-28/h6,9,12-13,16-18H,3-5,7-8,10-11,30H2,1-2H3,(H,33,36,37)/t16-,17-,18+. The number of amides is 1. The van der Waals surface area contributed by atoms with Gasteiger partial charge in [0.2, 0.25) is 5.82 Å². The molecule has 0 spiro atoms. The third-order valence-corrected chi connectivity index (χ3v) is 11.4. The highest BCUT2D eigenvalue weighted by Crippen LogP contribution is 2.46. The molecule has 2 aliphatic heterocycles. The number of nitrogens with one attached hydrogen (secondary N) is 1. The lowest BCUT2D eigenvalue weighted by Gasteiger charge is -2.38. The van der Waals surface area contributed by atoms with E-state index in [-0.39, 0.29) is 40.4 Å². The predicted molar refractivity (Wildman–Crippen MR) is 163 cm³/mol. The van der Waals surface area contributed by atoms with Gasteiger partial charge in [-0.2, -0.15) is 9.61 Å². The maximum atomic E-state index is 13.3. The van der Waals surface area contributed by atoms with Crippen LogP contribution in [-0.4, -0.2) is 77.3 Å². The maximum absolute atomic E-state index is 13.3. The van der Waals surface area contributed by atoms with Crippen LogP contribution in [0.5, 0.6) is 0 Å². The van der Waals surface area contributed by atoms with Crippen molar-refractivity contribution in [3.63, 3.8) is 0 Å². The number of hydrogen-bond donors (Lipinski definition) is 2. The molecule has 0 radical (unpaired) electrons. The molecule has 5 aromatic heterocycles. The fraction of sp³-hybridized carbons (Fsp3) is 0.414. The molecule has 0 saturated carbocycles. The van der Waals surface area contributed by atoms with E-state index >= 15 is 0 Å². The molecule has 3 N–H and O–H groups in total. The Labute approximate surface area is 256 Å². The number of hydrogen-bond acceptors (Lipinski definition) is 11. The molecule has 2 fully saturated rings. The van der Waals surface area contributed by atoms with Crippen molar-refractivity contribution in [3.8, 4) is 21.8 Å². The molecule has 2 bridgehead atoms. The number of H-pyrrole nitrogens is 1. The average molecular weight is 631 g/mol. The number of fused-ring (bicyclic) bond motifs is 4. The largest absolute Gasteiger partial charge is 0.382 e. The number of nitrogen functional groups attached to an aromatic ring is 1. The average Bonchev–Trinajstić information content (AvgIpc) is 3.81. The number of nitrogens with two attached hydrogens (primary N) is 1. The zero-order chi connectivity index (χ0) is 30.3. The number of carbonyl (C=O) groups is 1. The van der Waals surface area contributed by atoms with Gasteiger partial charge in [0.05, 0.1) is 23.3 Å². The number of carbonyl (C=O) groups excluding carboxylic acids is 1. The lowest BCUT2D eigenvalue weighted by atomic mass is 9.87. The number of thiazole rings is 1. The third kappa shape index (κ3) is 4.31. The van der Waals surface area contributed by atoms with Gasteiger partial charge in [-0.1, -0.05) is 6.07 Å². The van der Waals surface area contributed by atoms with E-state index in [2.05, 4.69) is 20.3 Å². The first-order valence-electron chi connectivity index (χ1n) is 14.7. The Bertz CT molecular complexity index is 2030. The van der Waals surface area contributed by atoms with Crippen LogP contribution in [0.3, 0.4) is 0 Å². The van der Waals surface area contributed by atoms with Gasteiger partial charge in [-0.25, -0.2) is 18.4 Å². The van der Waals surface area contributed by atoms with Crippen LogP contribution in [0.25, 0.3) is 27.5 Å². The number of pyridine rings is 1. The van der Waals surface area contributed by atoms with Gasteiger partial charge in [0.25, 0.3) is 5.91 Å². The molecule has 1 aliphatic carbocycles. The summed E-state index contributed by atoms with van der Waals surface area (Å²) in [5.41, 5.74) is 10.9. The molecular formula is C29H30N10O3S2. The topological polar surface area (TPSA) is 178 Å². The van der Waals surface area contributed by atoms with Crippen molar-refractivity contribution in [2.75, 3.05) is 12.0 Å². The van der Waals surface area contributed by atoms with Crippen molar-refractivity contribution >= 4 is 38.5 Å². The normalized spacial score (nSPS) is 21.3. The van der Waals surface area contributed by atoms with Crippen molar-refractivity contribution in [3.05, 3.63) is 52.4 Å². The van der Waals surface area contributed by atoms with Crippen LogP contribution in [0.1, 0.15) is 70.7 Å². The summed E-state index contributed by atoms with van der Waals surface area (Å²) < 4.78 is 27.7. The van der Waals surface area contributed by atoms with E-state index in [4.69, 9.17) is 20.7 Å². The van der Waals surface area contributed by atoms with Crippen LogP contribution in [0.4, 0.5) is 5.82 Å². The van der Waals surface area contributed by atoms with E-state index in [0.29, 0.717) is 35.6 Å². The lowest BCUT2D eigenvalue weighted by Crippen LogP contribution is -2.46. The van der Waals surface area contributed by atoms with Crippen LogP contribution in [0, 0.1) is 6.92 Å². The summed E-state index contributed by atoms with van der Waals surface area (Å²) >= 11 is 1.70. The molecule has 3 atom stereocenters. The monoisotopic (exact) mass is 630 g/mol. The smallest absolute Gasteiger partial charge is 0.292 e. The minimum Gasteiger partial charge on any atom is -0.382 e. The molecule has 1 amide bonds. The van der Waals surface area contributed by atoms with Gasteiger partial charge in [-0.3, -0.25) is 9.78 Å². The first-order chi connectivity index (χ1) is 21.2. The highest BCUT2D eigenvalue weighted by molar-refractivity contribution is 7.91. The minimum absolute atomic E-state index is 0.0000212. The Morgan fingerprint density at radius 1 is 1.09 bits per heavy atom. The number of anilines is 1. The van der Waals surface area contributed by atoms with Crippen molar-refractivity contribution in [1.29, 1.82) is 0 Å². The summed E-state index contributed by atoms with van der Waals surface area (Å²) in [5.74, 6) is 0.443. The van der Waals surface area contributed by atoms with Gasteiger partial charge in [-0.05, 0) is 57.9 Å². The van der Waals surface area contributed by atoms with E-state index in [9.17, 15) is 13.2 Å². The first-order valence-corrected chi connectivity index (χ1v) is 17.4. The van der Waals surface area contributed by atoms with Gasteiger partial charge >= 0.3 is 0 Å². The fourth-order valence-electron chi connectivity index (χ4n) is 7.15. The predicted octanol–water partition coefficient (Wildman–Crippen LogP) is 3.37. The van der Waals surface area contributed by atoms with Gasteiger partial charge in [0, 0.05) is 46.5 Å². The van der Waals surface area contributed by atoms with E-state index in [1.807, 2.05) is 17.0 Å². The summed E-state index contributed by atoms with van der Waals surface area (Å²) in [6, 6.07) is 3.76. The van der Waals surface area contributed by atoms with Gasteiger partial charge in [0.15, 0.2) is 15.5 Å².